The number of hydrogen-bond acceptors (Lipinski definition) is 5. The van der Waals surface area contributed by atoms with Gasteiger partial charge in [-0.1, -0.05) is 125 Å². The summed E-state index contributed by atoms with van der Waals surface area (Å²) in [7, 11) is 0. The van der Waals surface area contributed by atoms with Gasteiger partial charge in [-0.2, -0.15) is 0 Å². The Morgan fingerprint density at radius 2 is 1.25 bits per heavy atom. The van der Waals surface area contributed by atoms with Gasteiger partial charge in [-0.25, -0.2) is 0 Å². The smallest absolute Gasteiger partial charge is 0.306 e. The molecule has 8 aliphatic carbocycles. The molecule has 0 heterocycles. The van der Waals surface area contributed by atoms with Crippen LogP contribution in [0.3, 0.4) is 0 Å². The van der Waals surface area contributed by atoms with Crippen LogP contribution in [0.1, 0.15) is 198 Å². The normalized spacial score (nSPS) is 46.4. The number of carbonyl (C=O) groups is 2. The summed E-state index contributed by atoms with van der Waals surface area (Å²) in [5, 5.41) is 22.7. The van der Waals surface area contributed by atoms with E-state index >= 15 is 0 Å². The molecule has 0 amide bonds. The maximum Gasteiger partial charge on any atom is 0.306 e. The highest BCUT2D eigenvalue weighted by Crippen LogP contribution is 2.70. The van der Waals surface area contributed by atoms with Gasteiger partial charge >= 0.3 is 5.97 Å². The van der Waals surface area contributed by atoms with Crippen LogP contribution in [0, 0.1) is 98.6 Å². The standard InChI is InChI=1S/C56H90O5/c1-33(2)13-11-15-35(5)43-19-21-45-42-18-17-37-27-40(57)29-39(55(37,9)46(42)23-25-53(43,45)7)31-51(60)61-50-32-41(58)28-38-30-49(59)52-47-22-20-44(36(6)16-12-14-34(3)4)54(47,8)26-24-48(52)56(38,50)10/h17,30,33-36,39-48,50,52,57-58H,11-16,18-29,31-32H2,1-10H3/t35-,36-,39?,40-,41+,42+,43-,44-,45+,46+,47+,48+,50?,52+,53-,54-,55-,56+/m1/s1. The van der Waals surface area contributed by atoms with Gasteiger partial charge in [0.2, 0.25) is 0 Å². The van der Waals surface area contributed by atoms with Gasteiger partial charge < -0.3 is 14.9 Å². The molecule has 0 aromatic rings. The van der Waals surface area contributed by atoms with Crippen molar-refractivity contribution in [2.45, 2.75) is 216 Å². The first-order valence-electron chi connectivity index (χ1n) is 26.3. The minimum atomic E-state index is -0.620. The summed E-state index contributed by atoms with van der Waals surface area (Å²) in [4.78, 5) is 29.0. The molecule has 0 radical (unpaired) electrons. The number of aliphatic hydroxyl groups is 2. The summed E-state index contributed by atoms with van der Waals surface area (Å²) < 4.78 is 6.80. The molecule has 5 heteroatoms. The summed E-state index contributed by atoms with van der Waals surface area (Å²) in [5.74, 6) is 6.92. The fraction of sp³-hybridized carbons (Fsp3) is 0.893. The van der Waals surface area contributed by atoms with E-state index in [2.05, 4.69) is 75.3 Å². The average Bonchev–Trinajstić information content (AvgIpc) is 3.73. The third-order valence-electron chi connectivity index (χ3n) is 21.5. The molecule has 0 bridgehead atoms. The van der Waals surface area contributed by atoms with E-state index < -0.39 is 23.7 Å². The monoisotopic (exact) mass is 843 g/mol. The number of esters is 1. The summed E-state index contributed by atoms with van der Waals surface area (Å²) in [5.41, 5.74) is 2.41. The number of ether oxygens (including phenoxy) is 1. The molecule has 2 N–H and O–H groups in total. The lowest BCUT2D eigenvalue weighted by Gasteiger charge is -2.60. The van der Waals surface area contributed by atoms with Crippen LogP contribution in [-0.2, 0) is 14.3 Å². The second kappa shape index (κ2) is 17.4. The second-order valence-corrected chi connectivity index (χ2v) is 25.3. The molecule has 6 saturated carbocycles. The van der Waals surface area contributed by atoms with Crippen LogP contribution < -0.4 is 0 Å². The molecule has 344 valence electrons. The Morgan fingerprint density at radius 3 is 1.87 bits per heavy atom. The molecular formula is C56H90O5. The Labute approximate surface area is 372 Å². The fourth-order valence-electron chi connectivity index (χ4n) is 18.2. The van der Waals surface area contributed by atoms with Gasteiger partial charge in [0, 0.05) is 24.2 Å². The first kappa shape index (κ1) is 46.1. The molecule has 2 unspecified atom stereocenters. The van der Waals surface area contributed by atoms with E-state index in [-0.39, 0.29) is 40.3 Å². The van der Waals surface area contributed by atoms with E-state index in [1.165, 1.54) is 76.2 Å². The Bertz CT molecular complexity index is 1680. The van der Waals surface area contributed by atoms with Crippen LogP contribution in [-0.4, -0.2) is 40.3 Å². The Balaban J connectivity index is 0.989. The topological polar surface area (TPSA) is 83.8 Å². The van der Waals surface area contributed by atoms with Crippen molar-refractivity contribution in [1.82, 2.24) is 0 Å². The summed E-state index contributed by atoms with van der Waals surface area (Å²) in [6, 6.07) is 0. The van der Waals surface area contributed by atoms with Crippen molar-refractivity contribution in [3.63, 3.8) is 0 Å². The van der Waals surface area contributed by atoms with Crippen molar-refractivity contribution in [3.05, 3.63) is 23.3 Å². The van der Waals surface area contributed by atoms with Crippen LogP contribution >= 0.6 is 0 Å². The average molecular weight is 843 g/mol. The molecule has 61 heavy (non-hydrogen) atoms. The highest BCUT2D eigenvalue weighted by Gasteiger charge is 2.65. The molecule has 6 fully saturated rings. The van der Waals surface area contributed by atoms with Gasteiger partial charge in [-0.3, -0.25) is 9.59 Å². The van der Waals surface area contributed by atoms with Crippen molar-refractivity contribution in [3.8, 4) is 0 Å². The Hall–Kier alpha value is -1.46. The summed E-state index contributed by atoms with van der Waals surface area (Å²) in [6.45, 7) is 24.4. The lowest BCUT2D eigenvalue weighted by atomic mass is 9.44. The molecule has 0 spiro atoms. The lowest BCUT2D eigenvalue weighted by molar-refractivity contribution is -0.174. The van der Waals surface area contributed by atoms with Crippen LogP contribution in [0.2, 0.25) is 0 Å². The van der Waals surface area contributed by atoms with E-state index in [4.69, 9.17) is 4.74 Å². The largest absolute Gasteiger partial charge is 0.461 e. The van der Waals surface area contributed by atoms with Crippen molar-refractivity contribution in [1.29, 1.82) is 0 Å². The van der Waals surface area contributed by atoms with Crippen LogP contribution in [0.4, 0.5) is 0 Å². The first-order chi connectivity index (χ1) is 28.8. The third-order valence-corrected chi connectivity index (χ3v) is 21.5. The van der Waals surface area contributed by atoms with E-state index in [9.17, 15) is 19.8 Å². The van der Waals surface area contributed by atoms with Crippen molar-refractivity contribution < 1.29 is 24.5 Å². The van der Waals surface area contributed by atoms with Gasteiger partial charge in [0.15, 0.2) is 5.78 Å². The molecule has 0 saturated heterocycles. The number of hydrogen-bond donors (Lipinski definition) is 2. The highest BCUT2D eigenvalue weighted by molar-refractivity contribution is 5.94. The molecule has 0 aliphatic heterocycles. The lowest BCUT2D eigenvalue weighted by Crippen LogP contribution is -2.59. The van der Waals surface area contributed by atoms with Crippen LogP contribution in [0.25, 0.3) is 0 Å². The van der Waals surface area contributed by atoms with Gasteiger partial charge in [-0.15, -0.1) is 0 Å². The highest BCUT2D eigenvalue weighted by atomic mass is 16.5. The van der Waals surface area contributed by atoms with Crippen LogP contribution in [0.15, 0.2) is 23.3 Å². The second-order valence-electron chi connectivity index (χ2n) is 25.3. The SMILES string of the molecule is CC(C)CCC[C@@H](C)[C@H]1CC[C@H]2[C@@H]3CC=C4C[C@@H](O)CC(CC(=O)OC5C[C@@H](O)CC6=CC(=O)[C@H]7[C@@H]8CC[C@H]([C@H](C)CCCC(C)C)[C@@]8(C)CC[C@@H]7[C@]65C)[C@]4(C)[C@H]3CC[C@]12C. The molecule has 5 nitrogen and oxygen atoms in total. The molecule has 8 aliphatic rings. The van der Waals surface area contributed by atoms with E-state index in [1.54, 1.807) is 0 Å². The summed E-state index contributed by atoms with van der Waals surface area (Å²) in [6.07, 6.45) is 24.3. The zero-order valence-corrected chi connectivity index (χ0v) is 40.7. The van der Waals surface area contributed by atoms with Gasteiger partial charge in [-0.05, 0) is 170 Å². The molecule has 0 aromatic heterocycles. The maximum atomic E-state index is 14.7. The zero-order chi connectivity index (χ0) is 43.8. The molecule has 18 atom stereocenters. The Kier molecular flexibility index (Phi) is 13.1. The van der Waals surface area contributed by atoms with E-state index in [0.29, 0.717) is 60.7 Å². The number of aliphatic hydroxyl groups excluding tert-OH is 2. The fourth-order valence-corrected chi connectivity index (χ4v) is 18.2. The minimum Gasteiger partial charge on any atom is -0.461 e. The van der Waals surface area contributed by atoms with Crippen molar-refractivity contribution >= 4 is 11.8 Å². The number of rotatable bonds is 13. The van der Waals surface area contributed by atoms with Gasteiger partial charge in [0.1, 0.15) is 6.10 Å². The zero-order valence-electron chi connectivity index (χ0n) is 40.7. The predicted molar refractivity (Wildman–Crippen MR) is 247 cm³/mol. The predicted octanol–water partition coefficient (Wildman–Crippen LogP) is 13.1. The number of allylic oxidation sites excluding steroid dienone is 2. The van der Waals surface area contributed by atoms with Crippen molar-refractivity contribution in [2.24, 2.45) is 98.6 Å². The van der Waals surface area contributed by atoms with Crippen LogP contribution in [0.5, 0.6) is 0 Å². The quantitative estimate of drug-likeness (QED) is 0.143. The molecular weight excluding hydrogens is 753 g/mol. The number of ketones is 1. The minimum absolute atomic E-state index is 0.0321. The first-order valence-corrected chi connectivity index (χ1v) is 26.3. The van der Waals surface area contributed by atoms with Crippen molar-refractivity contribution in [2.75, 3.05) is 0 Å². The van der Waals surface area contributed by atoms with Gasteiger partial charge in [0.25, 0.3) is 0 Å². The molecule has 0 aromatic carbocycles. The number of carbonyl (C=O) groups excluding carboxylic acids is 2. The van der Waals surface area contributed by atoms with Gasteiger partial charge in [0.05, 0.1) is 12.2 Å². The number of fused-ring (bicyclic) bond motifs is 10. The molecule has 8 rings (SSSR count). The summed E-state index contributed by atoms with van der Waals surface area (Å²) >= 11 is 0. The third kappa shape index (κ3) is 7.94. The Morgan fingerprint density at radius 1 is 0.689 bits per heavy atom. The van der Waals surface area contributed by atoms with E-state index in [1.807, 2.05) is 6.08 Å². The van der Waals surface area contributed by atoms with E-state index in [0.717, 1.165) is 67.3 Å². The maximum absolute atomic E-state index is 14.7.